The van der Waals surface area contributed by atoms with Crippen LogP contribution in [0, 0.1) is 0 Å². The standard InChI is InChI=1S/C14H14Cl3N3O2/c1-7(19(2)14(22)11(16)17)12-18-10-6-8(15)4-5-9(10)13(21)20(12)3/h4-7,11H,1-3H3. The highest BCUT2D eigenvalue weighted by atomic mass is 35.5. The number of fused-ring (bicyclic) bond motifs is 1. The highest BCUT2D eigenvalue weighted by Crippen LogP contribution is 2.21. The van der Waals surface area contributed by atoms with Gasteiger partial charge in [-0.05, 0) is 25.1 Å². The van der Waals surface area contributed by atoms with Crippen molar-refractivity contribution in [3.8, 4) is 0 Å². The first kappa shape index (κ1) is 17.1. The first-order valence-electron chi connectivity index (χ1n) is 6.45. The van der Waals surface area contributed by atoms with Crippen LogP contribution in [0.1, 0.15) is 18.8 Å². The van der Waals surface area contributed by atoms with E-state index in [4.69, 9.17) is 34.8 Å². The Balaban J connectivity index is 2.58. The lowest BCUT2D eigenvalue weighted by molar-refractivity contribution is -0.130. The van der Waals surface area contributed by atoms with Gasteiger partial charge in [-0.2, -0.15) is 0 Å². The van der Waals surface area contributed by atoms with E-state index in [2.05, 4.69) is 4.98 Å². The summed E-state index contributed by atoms with van der Waals surface area (Å²) in [6, 6.07) is 4.40. The second-order valence-electron chi connectivity index (χ2n) is 4.92. The van der Waals surface area contributed by atoms with Crippen molar-refractivity contribution in [3.05, 3.63) is 39.4 Å². The molecule has 0 bridgehead atoms. The van der Waals surface area contributed by atoms with E-state index >= 15 is 0 Å². The number of alkyl halides is 2. The SMILES string of the molecule is CC(c1nc2cc(Cl)ccc2c(=O)n1C)N(C)C(=O)C(Cl)Cl. The van der Waals surface area contributed by atoms with Crippen LogP contribution in [0.3, 0.4) is 0 Å². The Morgan fingerprint density at radius 2 is 2.00 bits per heavy atom. The van der Waals surface area contributed by atoms with Crippen LogP contribution in [-0.4, -0.2) is 32.2 Å². The predicted molar refractivity (Wildman–Crippen MR) is 88.7 cm³/mol. The molecule has 0 N–H and O–H groups in total. The largest absolute Gasteiger partial charge is 0.333 e. The van der Waals surface area contributed by atoms with Crippen molar-refractivity contribution < 1.29 is 4.79 Å². The molecule has 0 saturated heterocycles. The van der Waals surface area contributed by atoms with Gasteiger partial charge < -0.3 is 4.90 Å². The van der Waals surface area contributed by atoms with Crippen LogP contribution in [0.25, 0.3) is 10.9 Å². The Labute approximate surface area is 142 Å². The molecule has 8 heteroatoms. The van der Waals surface area contributed by atoms with Crippen molar-refractivity contribution in [1.29, 1.82) is 0 Å². The summed E-state index contributed by atoms with van der Waals surface area (Å²) in [4.78, 5) is 29.0. The first-order valence-corrected chi connectivity index (χ1v) is 7.70. The molecule has 1 aromatic carbocycles. The average molecular weight is 363 g/mol. The van der Waals surface area contributed by atoms with Crippen molar-refractivity contribution in [3.63, 3.8) is 0 Å². The van der Waals surface area contributed by atoms with Gasteiger partial charge in [0.15, 0.2) is 4.84 Å². The quantitative estimate of drug-likeness (QED) is 0.789. The molecule has 1 aromatic heterocycles. The molecule has 1 amide bonds. The second kappa shape index (κ2) is 6.44. The van der Waals surface area contributed by atoms with Crippen LogP contribution in [0.15, 0.2) is 23.0 Å². The number of rotatable bonds is 3. The van der Waals surface area contributed by atoms with E-state index < -0.39 is 16.8 Å². The zero-order chi connectivity index (χ0) is 16.6. The van der Waals surface area contributed by atoms with Gasteiger partial charge in [0, 0.05) is 19.1 Å². The average Bonchev–Trinajstić information content (AvgIpc) is 2.48. The lowest BCUT2D eigenvalue weighted by Gasteiger charge is -2.26. The van der Waals surface area contributed by atoms with Gasteiger partial charge in [-0.15, -0.1) is 0 Å². The van der Waals surface area contributed by atoms with E-state index in [1.54, 1.807) is 39.2 Å². The molecule has 0 spiro atoms. The molecular formula is C14H14Cl3N3O2. The van der Waals surface area contributed by atoms with E-state index in [1.165, 1.54) is 9.47 Å². The number of aromatic nitrogens is 2. The third-order valence-corrected chi connectivity index (χ3v) is 4.17. The predicted octanol–water partition coefficient (Wildman–Crippen LogP) is 2.91. The maximum atomic E-state index is 12.4. The van der Waals surface area contributed by atoms with Gasteiger partial charge in [0.05, 0.1) is 16.9 Å². The monoisotopic (exact) mass is 361 g/mol. The van der Waals surface area contributed by atoms with Gasteiger partial charge >= 0.3 is 0 Å². The molecule has 0 saturated carbocycles. The fraction of sp³-hybridized carbons (Fsp3) is 0.357. The lowest BCUT2D eigenvalue weighted by atomic mass is 10.2. The highest BCUT2D eigenvalue weighted by molar-refractivity contribution is 6.53. The molecular weight excluding hydrogens is 349 g/mol. The van der Waals surface area contributed by atoms with Crippen molar-refractivity contribution in [2.75, 3.05) is 7.05 Å². The molecule has 118 valence electrons. The number of carbonyl (C=O) groups is 1. The first-order chi connectivity index (χ1) is 10.2. The van der Waals surface area contributed by atoms with Crippen LogP contribution >= 0.6 is 34.8 Å². The van der Waals surface area contributed by atoms with Gasteiger partial charge in [-0.25, -0.2) is 4.98 Å². The maximum absolute atomic E-state index is 12.4. The third kappa shape index (κ3) is 3.07. The van der Waals surface area contributed by atoms with Gasteiger partial charge in [-0.1, -0.05) is 34.8 Å². The van der Waals surface area contributed by atoms with Gasteiger partial charge in [0.1, 0.15) is 5.82 Å². The molecule has 1 atom stereocenters. The van der Waals surface area contributed by atoms with Crippen LogP contribution < -0.4 is 5.56 Å². The molecule has 2 rings (SSSR count). The van der Waals surface area contributed by atoms with Crippen molar-refractivity contribution in [1.82, 2.24) is 14.5 Å². The van der Waals surface area contributed by atoms with Crippen LogP contribution in [0.5, 0.6) is 0 Å². The molecule has 0 radical (unpaired) electrons. The molecule has 1 unspecified atom stereocenters. The second-order valence-corrected chi connectivity index (χ2v) is 6.45. The van der Waals surface area contributed by atoms with E-state index in [1.807, 2.05) is 0 Å². The molecule has 0 aliphatic heterocycles. The maximum Gasteiger partial charge on any atom is 0.261 e. The zero-order valence-corrected chi connectivity index (χ0v) is 14.4. The van der Waals surface area contributed by atoms with Crippen LogP contribution in [0.2, 0.25) is 5.02 Å². The third-order valence-electron chi connectivity index (χ3n) is 3.56. The molecule has 0 fully saturated rings. The summed E-state index contributed by atoms with van der Waals surface area (Å²) in [5.74, 6) is -0.0409. The fourth-order valence-corrected chi connectivity index (χ4v) is 2.63. The minimum Gasteiger partial charge on any atom is -0.333 e. The minimum absolute atomic E-state index is 0.210. The highest BCUT2D eigenvalue weighted by Gasteiger charge is 2.25. The number of hydrogen-bond donors (Lipinski definition) is 0. The number of hydrogen-bond acceptors (Lipinski definition) is 3. The van der Waals surface area contributed by atoms with E-state index in [0.29, 0.717) is 21.7 Å². The summed E-state index contributed by atoms with van der Waals surface area (Å²) in [5.41, 5.74) is 0.268. The molecule has 2 aromatic rings. The van der Waals surface area contributed by atoms with Crippen LogP contribution in [-0.2, 0) is 11.8 Å². The van der Waals surface area contributed by atoms with Gasteiger partial charge in [0.2, 0.25) is 0 Å². The van der Waals surface area contributed by atoms with Gasteiger partial charge in [-0.3, -0.25) is 14.2 Å². The molecule has 1 heterocycles. The summed E-state index contributed by atoms with van der Waals surface area (Å²) in [6.45, 7) is 1.74. The number of carbonyl (C=O) groups excluding carboxylic acids is 1. The Morgan fingerprint density at radius 3 is 2.59 bits per heavy atom. The molecule has 5 nitrogen and oxygen atoms in total. The number of nitrogens with zero attached hydrogens (tertiary/aromatic N) is 3. The smallest absolute Gasteiger partial charge is 0.261 e. The lowest BCUT2D eigenvalue weighted by Crippen LogP contribution is -2.36. The summed E-state index contributed by atoms with van der Waals surface area (Å²) in [6.07, 6.45) is 0. The Morgan fingerprint density at radius 1 is 1.36 bits per heavy atom. The Bertz CT molecular complexity index is 789. The summed E-state index contributed by atoms with van der Waals surface area (Å²) in [5, 5.41) is 0.947. The van der Waals surface area contributed by atoms with Crippen molar-refractivity contribution >= 4 is 51.6 Å². The fourth-order valence-electron chi connectivity index (χ4n) is 2.15. The topological polar surface area (TPSA) is 55.2 Å². The molecule has 0 aliphatic rings. The number of benzene rings is 1. The van der Waals surface area contributed by atoms with E-state index in [0.717, 1.165) is 0 Å². The van der Waals surface area contributed by atoms with Crippen LogP contribution in [0.4, 0.5) is 0 Å². The molecule has 22 heavy (non-hydrogen) atoms. The summed E-state index contributed by atoms with van der Waals surface area (Å²) in [7, 11) is 3.16. The zero-order valence-electron chi connectivity index (χ0n) is 12.2. The number of amides is 1. The summed E-state index contributed by atoms with van der Waals surface area (Å²) >= 11 is 17.2. The van der Waals surface area contributed by atoms with E-state index in [9.17, 15) is 9.59 Å². The van der Waals surface area contributed by atoms with E-state index in [-0.39, 0.29) is 5.56 Å². The summed E-state index contributed by atoms with van der Waals surface area (Å²) < 4.78 is 1.40. The molecule has 0 aliphatic carbocycles. The Kier molecular flexibility index (Phi) is 5.00. The Hall–Kier alpha value is -1.30. The minimum atomic E-state index is -1.17. The normalized spacial score (nSPS) is 12.7. The van der Waals surface area contributed by atoms with Crippen molar-refractivity contribution in [2.45, 2.75) is 17.8 Å². The number of halogens is 3. The van der Waals surface area contributed by atoms with Crippen molar-refractivity contribution in [2.24, 2.45) is 7.05 Å². The van der Waals surface area contributed by atoms with Gasteiger partial charge in [0.25, 0.3) is 11.5 Å².